The van der Waals surface area contributed by atoms with Gasteiger partial charge in [-0.2, -0.15) is 0 Å². The Balaban J connectivity index is 0.00000144. The summed E-state index contributed by atoms with van der Waals surface area (Å²) in [6.07, 6.45) is 0. The molecule has 0 amide bonds. The molecule has 66 valence electrons. The van der Waals surface area contributed by atoms with Crippen LogP contribution in [0.15, 0.2) is 12.1 Å². The summed E-state index contributed by atoms with van der Waals surface area (Å²) in [5.41, 5.74) is 0.0555. The second kappa shape index (κ2) is 4.50. The van der Waals surface area contributed by atoms with Crippen LogP contribution in [0.4, 0.5) is 0 Å². The molecule has 0 radical (unpaired) electrons. The Morgan fingerprint density at radius 2 is 1.85 bits per heavy atom. The van der Waals surface area contributed by atoms with Crippen LogP contribution in [0.1, 0.15) is 15.9 Å². The van der Waals surface area contributed by atoms with Gasteiger partial charge in [0, 0.05) is 0 Å². The average molecular weight is 192 g/mol. The molecular weight excluding hydrogens is 183 g/mol. The zero-order valence-electron chi connectivity index (χ0n) is 6.40. The third-order valence-corrected chi connectivity index (χ3v) is 1.52. The molecule has 1 rings (SSSR count). The van der Waals surface area contributed by atoms with Gasteiger partial charge in [0.05, 0.1) is 0 Å². The Labute approximate surface area is 97.1 Å². The van der Waals surface area contributed by atoms with Crippen molar-refractivity contribution in [2.75, 3.05) is 0 Å². The van der Waals surface area contributed by atoms with Gasteiger partial charge >= 0.3 is 35.5 Å². The van der Waals surface area contributed by atoms with Gasteiger partial charge in [-0.25, -0.2) is 4.79 Å². The maximum atomic E-state index is 10.5. The number of rotatable bonds is 1. The van der Waals surface area contributed by atoms with Crippen LogP contribution < -0.4 is 0 Å². The van der Waals surface area contributed by atoms with Crippen molar-refractivity contribution in [3.05, 3.63) is 23.3 Å². The van der Waals surface area contributed by atoms with Crippen molar-refractivity contribution in [3.8, 4) is 11.5 Å². The number of carboxylic acids is 1. The number of phenols is 2. The molecule has 5 heteroatoms. The van der Waals surface area contributed by atoms with Crippen molar-refractivity contribution in [3.63, 3.8) is 0 Å². The summed E-state index contributed by atoms with van der Waals surface area (Å²) in [7, 11) is 0. The second-order valence-electron chi connectivity index (χ2n) is 2.46. The molecule has 0 aromatic heterocycles. The van der Waals surface area contributed by atoms with Crippen LogP contribution in [0.25, 0.3) is 0 Å². The monoisotopic (exact) mass is 192 g/mol. The van der Waals surface area contributed by atoms with Crippen LogP contribution in [0.3, 0.4) is 0 Å². The van der Waals surface area contributed by atoms with Crippen molar-refractivity contribution >= 4 is 35.5 Å². The van der Waals surface area contributed by atoms with Crippen molar-refractivity contribution in [1.82, 2.24) is 0 Å². The fourth-order valence-corrected chi connectivity index (χ4v) is 0.924. The summed E-state index contributed by atoms with van der Waals surface area (Å²) in [5.74, 6) is -1.73. The van der Waals surface area contributed by atoms with E-state index in [1.165, 1.54) is 13.0 Å². The number of hydrogen-bond donors (Lipinski definition) is 3. The number of aromatic carboxylic acids is 1. The number of benzene rings is 1. The van der Waals surface area contributed by atoms with Crippen LogP contribution in [0, 0.1) is 6.92 Å². The molecule has 0 unspecified atom stereocenters. The molecule has 1 aromatic carbocycles. The van der Waals surface area contributed by atoms with Crippen molar-refractivity contribution in [2.45, 2.75) is 6.92 Å². The first-order valence-electron chi connectivity index (χ1n) is 3.28. The Hall–Kier alpha value is -0.710. The van der Waals surface area contributed by atoms with Crippen LogP contribution in [-0.4, -0.2) is 50.8 Å². The van der Waals surface area contributed by atoms with E-state index in [4.69, 9.17) is 10.2 Å². The SMILES string of the molecule is Cc1cc(O)cc(C(=O)O)c1O.[NaH]. The molecular formula is C8H9NaO4. The quantitative estimate of drug-likeness (QED) is 0.446. The minimum absolute atomic E-state index is 0. The van der Waals surface area contributed by atoms with E-state index in [1.807, 2.05) is 0 Å². The van der Waals surface area contributed by atoms with Gasteiger partial charge in [0.15, 0.2) is 0 Å². The minimum atomic E-state index is -1.26. The third kappa shape index (κ3) is 2.62. The third-order valence-electron chi connectivity index (χ3n) is 1.52. The number of aromatic hydroxyl groups is 2. The van der Waals surface area contributed by atoms with E-state index < -0.39 is 5.97 Å². The van der Waals surface area contributed by atoms with E-state index in [0.29, 0.717) is 5.56 Å². The number of hydrogen-bond acceptors (Lipinski definition) is 3. The standard InChI is InChI=1S/C8H8O4.Na.H/c1-4-2-5(9)3-6(7(4)10)8(11)12;;/h2-3,9-10H,1H3,(H,11,12);;. The number of carbonyl (C=O) groups is 1. The molecule has 0 heterocycles. The van der Waals surface area contributed by atoms with E-state index in [-0.39, 0.29) is 46.6 Å². The van der Waals surface area contributed by atoms with Crippen molar-refractivity contribution < 1.29 is 20.1 Å². The predicted molar refractivity (Wildman–Crippen MR) is 48.6 cm³/mol. The summed E-state index contributed by atoms with van der Waals surface area (Å²) in [4.78, 5) is 10.5. The molecule has 0 bridgehead atoms. The summed E-state index contributed by atoms with van der Waals surface area (Å²) in [5, 5.41) is 26.7. The van der Waals surface area contributed by atoms with Gasteiger partial charge in [0.1, 0.15) is 17.1 Å². The fraction of sp³-hybridized carbons (Fsp3) is 0.125. The second-order valence-corrected chi connectivity index (χ2v) is 2.46. The maximum absolute atomic E-state index is 10.5. The molecule has 0 saturated heterocycles. The molecule has 0 fully saturated rings. The topological polar surface area (TPSA) is 77.8 Å². The molecule has 3 N–H and O–H groups in total. The van der Waals surface area contributed by atoms with E-state index in [9.17, 15) is 9.90 Å². The molecule has 0 aliphatic rings. The van der Waals surface area contributed by atoms with E-state index >= 15 is 0 Å². The van der Waals surface area contributed by atoms with Crippen LogP contribution in [-0.2, 0) is 0 Å². The first-order valence-corrected chi connectivity index (χ1v) is 3.28. The molecule has 0 aliphatic carbocycles. The van der Waals surface area contributed by atoms with Gasteiger partial charge in [-0.3, -0.25) is 0 Å². The summed E-state index contributed by atoms with van der Waals surface area (Å²) >= 11 is 0. The zero-order valence-corrected chi connectivity index (χ0v) is 6.40. The summed E-state index contributed by atoms with van der Waals surface area (Å²) < 4.78 is 0. The Bertz CT molecular complexity index is 335. The Kier molecular flexibility index (Phi) is 4.26. The zero-order chi connectivity index (χ0) is 9.30. The van der Waals surface area contributed by atoms with Crippen LogP contribution in [0.2, 0.25) is 0 Å². The molecule has 1 aromatic rings. The van der Waals surface area contributed by atoms with Gasteiger partial charge in [-0.1, -0.05) is 0 Å². The molecule has 4 nitrogen and oxygen atoms in total. The molecule has 0 saturated carbocycles. The molecule has 13 heavy (non-hydrogen) atoms. The van der Waals surface area contributed by atoms with Crippen molar-refractivity contribution in [2.24, 2.45) is 0 Å². The van der Waals surface area contributed by atoms with E-state index in [0.717, 1.165) is 6.07 Å². The summed E-state index contributed by atoms with van der Waals surface area (Å²) in [6.45, 7) is 1.52. The number of carboxylic acid groups (broad SMARTS) is 1. The predicted octanol–water partition coefficient (Wildman–Crippen LogP) is 0.456. The molecule has 0 atom stereocenters. The van der Waals surface area contributed by atoms with Crippen LogP contribution >= 0.6 is 0 Å². The van der Waals surface area contributed by atoms with Gasteiger partial charge < -0.3 is 15.3 Å². The summed E-state index contributed by atoms with van der Waals surface area (Å²) in [6, 6.07) is 2.30. The Morgan fingerprint density at radius 1 is 1.31 bits per heavy atom. The number of aryl methyl sites for hydroxylation is 1. The van der Waals surface area contributed by atoms with E-state index in [1.54, 1.807) is 0 Å². The average Bonchev–Trinajstić information content (AvgIpc) is 1.96. The molecule has 0 aliphatic heterocycles. The van der Waals surface area contributed by atoms with Gasteiger partial charge in [0.25, 0.3) is 0 Å². The normalized spacial score (nSPS) is 9.00. The van der Waals surface area contributed by atoms with Gasteiger partial charge in [-0.15, -0.1) is 0 Å². The van der Waals surface area contributed by atoms with Gasteiger partial charge in [-0.05, 0) is 24.6 Å². The van der Waals surface area contributed by atoms with Crippen LogP contribution in [0.5, 0.6) is 11.5 Å². The molecule has 0 spiro atoms. The van der Waals surface area contributed by atoms with E-state index in [2.05, 4.69) is 0 Å². The van der Waals surface area contributed by atoms with Gasteiger partial charge in [0.2, 0.25) is 0 Å². The first kappa shape index (κ1) is 12.3. The van der Waals surface area contributed by atoms with Crippen molar-refractivity contribution in [1.29, 1.82) is 0 Å². The fourth-order valence-electron chi connectivity index (χ4n) is 0.924. The number of phenolic OH excluding ortho intramolecular Hbond substituents is 1. The Morgan fingerprint density at radius 3 is 2.31 bits per heavy atom. The first-order chi connectivity index (χ1) is 5.52.